The number of aliphatic hydroxyl groups is 2. The third-order valence-electron chi connectivity index (χ3n) is 12.1. The number of nitrogens with zero attached hydrogens (tertiary/aromatic N) is 6. The lowest BCUT2D eigenvalue weighted by atomic mass is 9.79. The van der Waals surface area contributed by atoms with E-state index in [9.17, 15) is 10.2 Å². The standard InChI is InChI=1S/C20H25BN2O3.C19H17ClN4O.C5H4BrClN2/c1-12-7-18-15(10-17(12)22-6)16(11-23(18)13-8-14(24)9-13)21-25-19(2,3)20(4,5)26-21;1-10-3-18-13(6-17(10)22-2)15(9-24(18)11-4-12(25)5-11)14-7-23-8-16(21)19(14)20;6-3-1-9-2-4(8)5(3)7/h7,10-11,13-14,24H,8-9H2,1-5H3;3,6-9,11-12,25H,4-5,21H2,1H3;1-2H,8H2. The number of hydrogen-bond donors (Lipinski definition) is 4. The lowest BCUT2D eigenvalue weighted by molar-refractivity contribution is 0.00578. The lowest BCUT2D eigenvalue weighted by Gasteiger charge is -2.33. The second-order valence-corrected chi connectivity index (χ2v) is 18.3. The predicted molar refractivity (Wildman–Crippen MR) is 244 cm³/mol. The minimum atomic E-state index is -0.463. The van der Waals surface area contributed by atoms with E-state index in [4.69, 9.17) is 57.1 Å². The van der Waals surface area contributed by atoms with Crippen LogP contribution in [0.5, 0.6) is 0 Å². The molecule has 3 fully saturated rings. The van der Waals surface area contributed by atoms with Crippen LogP contribution in [0.25, 0.3) is 42.6 Å². The molecular formula is C44H46BBrCl2N8O4. The zero-order chi connectivity index (χ0) is 43.4. The lowest BCUT2D eigenvalue weighted by Crippen LogP contribution is -2.41. The number of nitrogens with two attached hydrogens (primary N) is 2. The number of aryl methyl sites for hydroxylation is 2. The predicted octanol–water partition coefficient (Wildman–Crippen LogP) is 10.1. The van der Waals surface area contributed by atoms with Gasteiger partial charge in [0.25, 0.3) is 0 Å². The summed E-state index contributed by atoms with van der Waals surface area (Å²) in [6.07, 6.45) is 13.0. The normalized spacial score (nSPS) is 21.2. The third kappa shape index (κ3) is 8.11. The molecule has 310 valence electrons. The molecule has 0 unspecified atom stereocenters. The van der Waals surface area contributed by atoms with Gasteiger partial charge < -0.3 is 40.1 Å². The van der Waals surface area contributed by atoms with Gasteiger partial charge in [0, 0.05) is 64.5 Å². The molecule has 5 heterocycles. The van der Waals surface area contributed by atoms with Gasteiger partial charge in [0.2, 0.25) is 0 Å². The van der Waals surface area contributed by atoms with Crippen LogP contribution in [0.4, 0.5) is 22.7 Å². The van der Waals surface area contributed by atoms with Gasteiger partial charge in [-0.25, -0.2) is 9.69 Å². The van der Waals surface area contributed by atoms with E-state index in [-0.39, 0.29) is 24.3 Å². The highest BCUT2D eigenvalue weighted by Gasteiger charge is 2.52. The molecule has 0 amide bonds. The highest BCUT2D eigenvalue weighted by Crippen LogP contribution is 2.44. The topological polar surface area (TPSA) is 155 Å². The molecule has 2 aromatic carbocycles. The van der Waals surface area contributed by atoms with Crippen molar-refractivity contribution >= 4 is 96.3 Å². The zero-order valence-corrected chi connectivity index (χ0v) is 37.3. The summed E-state index contributed by atoms with van der Waals surface area (Å²) in [6, 6.07) is 8.48. The van der Waals surface area contributed by atoms with Gasteiger partial charge >= 0.3 is 7.12 Å². The van der Waals surface area contributed by atoms with Crippen molar-refractivity contribution in [1.82, 2.24) is 19.1 Å². The van der Waals surface area contributed by atoms with Gasteiger partial charge in [-0.05, 0) is 129 Å². The number of pyridine rings is 2. The van der Waals surface area contributed by atoms with E-state index in [0.29, 0.717) is 32.8 Å². The third-order valence-corrected chi connectivity index (χ3v) is 13.8. The quantitative estimate of drug-likeness (QED) is 0.101. The van der Waals surface area contributed by atoms with Gasteiger partial charge in [0.1, 0.15) is 0 Å². The van der Waals surface area contributed by atoms with Crippen molar-refractivity contribution in [1.29, 1.82) is 0 Å². The van der Waals surface area contributed by atoms with E-state index in [1.165, 1.54) is 12.4 Å². The van der Waals surface area contributed by atoms with Crippen molar-refractivity contribution in [2.24, 2.45) is 0 Å². The van der Waals surface area contributed by atoms with Gasteiger partial charge in [0.15, 0.2) is 11.4 Å². The second kappa shape index (κ2) is 16.7. The first kappa shape index (κ1) is 43.5. The SMILES string of the molecule is Nc1cncc(Br)c1Cl.[C-]#[N+]c1cc2c(-c3cncc(N)c3Cl)cn(C3CC(O)C3)c2cc1C.[C-]#[N+]c1cc2c(B3OC(C)(C)C(C)(C)O3)cn(C3CC(O)C3)c2cc1C. The van der Waals surface area contributed by atoms with Crippen LogP contribution < -0.4 is 16.9 Å². The second-order valence-electron chi connectivity index (χ2n) is 16.7. The molecule has 60 heavy (non-hydrogen) atoms. The van der Waals surface area contributed by atoms with Crippen LogP contribution in [0, 0.1) is 27.0 Å². The first-order valence-electron chi connectivity index (χ1n) is 19.5. The molecule has 6 N–H and O–H groups in total. The number of benzene rings is 2. The molecule has 0 radical (unpaired) electrons. The fourth-order valence-electron chi connectivity index (χ4n) is 7.68. The van der Waals surface area contributed by atoms with Gasteiger partial charge in [-0.15, -0.1) is 0 Å². The molecule has 12 nitrogen and oxygen atoms in total. The van der Waals surface area contributed by atoms with Crippen LogP contribution in [0.1, 0.15) is 76.6 Å². The maximum atomic E-state index is 9.74. The molecule has 4 aromatic heterocycles. The van der Waals surface area contributed by atoms with Gasteiger partial charge in [0.05, 0.1) is 74.8 Å². The van der Waals surface area contributed by atoms with Crippen LogP contribution in [0.15, 0.2) is 65.9 Å². The Hall–Kier alpha value is -4.64. The number of fused-ring (bicyclic) bond motifs is 2. The Balaban J connectivity index is 0.000000151. The minimum absolute atomic E-state index is 0.221. The molecule has 16 heteroatoms. The maximum Gasteiger partial charge on any atom is 0.496 e. The monoisotopic (exact) mass is 910 g/mol. The van der Waals surface area contributed by atoms with E-state index in [0.717, 1.165) is 79.7 Å². The zero-order valence-electron chi connectivity index (χ0n) is 34.2. The van der Waals surface area contributed by atoms with E-state index < -0.39 is 18.3 Å². The molecule has 3 aliphatic rings. The molecule has 2 saturated carbocycles. The fraction of sp³-hybridized carbons (Fsp3) is 0.364. The van der Waals surface area contributed by atoms with Crippen molar-refractivity contribution in [2.45, 2.75) is 103 Å². The van der Waals surface area contributed by atoms with Crippen LogP contribution >= 0.6 is 39.1 Å². The number of nitrogen functional groups attached to an aromatic ring is 2. The Morgan fingerprint density at radius 2 is 1.20 bits per heavy atom. The summed E-state index contributed by atoms with van der Waals surface area (Å²) in [4.78, 5) is 15.2. The Labute approximate surface area is 368 Å². The van der Waals surface area contributed by atoms with Crippen LogP contribution in [-0.2, 0) is 9.31 Å². The highest BCUT2D eigenvalue weighted by molar-refractivity contribution is 9.10. The maximum absolute atomic E-state index is 9.74. The van der Waals surface area contributed by atoms with Crippen LogP contribution in [0.2, 0.25) is 10.0 Å². The average Bonchev–Trinajstić information content (AvgIpc) is 3.79. The first-order valence-corrected chi connectivity index (χ1v) is 21.1. The van der Waals surface area contributed by atoms with Crippen molar-refractivity contribution in [3.63, 3.8) is 0 Å². The summed E-state index contributed by atoms with van der Waals surface area (Å²) in [6.45, 7) is 26.9. The van der Waals surface area contributed by atoms with Gasteiger partial charge in [-0.3, -0.25) is 9.97 Å². The number of anilines is 2. The Morgan fingerprint density at radius 1 is 0.733 bits per heavy atom. The van der Waals surface area contributed by atoms with Crippen LogP contribution in [-0.4, -0.2) is 59.8 Å². The molecule has 6 aromatic rings. The summed E-state index contributed by atoms with van der Waals surface area (Å²) in [5, 5.41) is 22.4. The molecule has 0 spiro atoms. The number of halogens is 3. The molecule has 1 aliphatic heterocycles. The average molecular weight is 913 g/mol. The summed E-state index contributed by atoms with van der Waals surface area (Å²) in [5.41, 5.74) is 19.3. The first-order chi connectivity index (χ1) is 28.3. The summed E-state index contributed by atoms with van der Waals surface area (Å²) in [7, 11) is -0.463. The molecule has 9 rings (SSSR count). The van der Waals surface area contributed by atoms with E-state index in [2.05, 4.69) is 57.0 Å². The Kier molecular flexibility index (Phi) is 12.1. The largest absolute Gasteiger partial charge is 0.496 e. The summed E-state index contributed by atoms with van der Waals surface area (Å²) < 4.78 is 17.7. The number of aliphatic hydroxyl groups excluding tert-OH is 2. The highest BCUT2D eigenvalue weighted by atomic mass is 79.9. The molecular weight excluding hydrogens is 866 g/mol. The van der Waals surface area contributed by atoms with Gasteiger partial charge in [-0.1, -0.05) is 23.2 Å². The number of hydrogen-bond acceptors (Lipinski definition) is 8. The Bertz CT molecular complexity index is 2670. The minimum Gasteiger partial charge on any atom is -0.399 e. The Morgan fingerprint density at radius 3 is 1.68 bits per heavy atom. The van der Waals surface area contributed by atoms with Crippen LogP contribution in [0.3, 0.4) is 0 Å². The number of rotatable bonds is 4. The summed E-state index contributed by atoms with van der Waals surface area (Å²) in [5.74, 6) is 0. The van der Waals surface area contributed by atoms with Crippen molar-refractivity contribution in [2.75, 3.05) is 11.5 Å². The van der Waals surface area contributed by atoms with E-state index in [1.54, 1.807) is 12.4 Å². The van der Waals surface area contributed by atoms with Crippen molar-refractivity contribution < 1.29 is 19.5 Å². The molecule has 1 saturated heterocycles. The smallest absolute Gasteiger partial charge is 0.399 e. The molecule has 2 aliphatic carbocycles. The molecule has 0 bridgehead atoms. The fourth-order valence-corrected chi connectivity index (χ4v) is 8.32. The van der Waals surface area contributed by atoms with E-state index >= 15 is 0 Å². The van der Waals surface area contributed by atoms with Crippen molar-refractivity contribution in [3.05, 3.63) is 110 Å². The van der Waals surface area contributed by atoms with Gasteiger partial charge in [-0.2, -0.15) is 0 Å². The molecule has 0 atom stereocenters. The van der Waals surface area contributed by atoms with Crippen molar-refractivity contribution in [3.8, 4) is 11.1 Å². The summed E-state index contributed by atoms with van der Waals surface area (Å²) >= 11 is 15.3. The number of aromatic nitrogens is 4. The van der Waals surface area contributed by atoms with E-state index in [1.807, 2.05) is 65.9 Å².